The summed E-state index contributed by atoms with van der Waals surface area (Å²) in [6.07, 6.45) is 1.45. The van der Waals surface area contributed by atoms with Crippen molar-refractivity contribution in [3.8, 4) is 5.75 Å². The SMILES string of the molecule is C=CCOC(=O)c1sc(N2C(=O)C(=O)C(=C(O)c3ccc(OC)c(C)c3)C2c2ccc(C)cc2)nc1C. The number of hydrogen-bond acceptors (Lipinski definition) is 8. The summed E-state index contributed by atoms with van der Waals surface area (Å²) in [5, 5.41) is 11.5. The molecule has 1 saturated heterocycles. The number of ketones is 1. The third kappa shape index (κ3) is 4.77. The molecule has 1 aliphatic heterocycles. The lowest BCUT2D eigenvalue weighted by molar-refractivity contribution is -0.132. The number of anilines is 1. The molecule has 4 rings (SSSR count). The number of aryl methyl sites for hydroxylation is 3. The Balaban J connectivity index is 1.88. The van der Waals surface area contributed by atoms with Crippen LogP contribution < -0.4 is 9.64 Å². The van der Waals surface area contributed by atoms with Gasteiger partial charge in [0.1, 0.15) is 23.0 Å². The number of carbonyl (C=O) groups excluding carboxylic acids is 3. The fourth-order valence-corrected chi connectivity index (χ4v) is 5.14. The van der Waals surface area contributed by atoms with Crippen molar-refractivity contribution in [2.45, 2.75) is 26.8 Å². The van der Waals surface area contributed by atoms with Crippen LogP contribution in [0.4, 0.5) is 5.13 Å². The smallest absolute Gasteiger partial charge is 0.350 e. The van der Waals surface area contributed by atoms with Crippen molar-refractivity contribution in [2.24, 2.45) is 0 Å². The fraction of sp³-hybridized carbons (Fsp3) is 0.214. The number of thiazole rings is 1. The highest BCUT2D eigenvalue weighted by Crippen LogP contribution is 2.44. The van der Waals surface area contributed by atoms with E-state index in [-0.39, 0.29) is 27.9 Å². The maximum atomic E-state index is 13.4. The van der Waals surface area contributed by atoms with Gasteiger partial charge in [-0.15, -0.1) is 0 Å². The predicted molar refractivity (Wildman–Crippen MR) is 141 cm³/mol. The first-order valence-corrected chi connectivity index (χ1v) is 12.3. The zero-order valence-electron chi connectivity index (χ0n) is 20.9. The van der Waals surface area contributed by atoms with Crippen molar-refractivity contribution in [1.82, 2.24) is 4.98 Å². The summed E-state index contributed by atoms with van der Waals surface area (Å²) in [5.74, 6) is -1.98. The van der Waals surface area contributed by atoms with Crippen LogP contribution in [0.3, 0.4) is 0 Å². The van der Waals surface area contributed by atoms with Crippen molar-refractivity contribution >= 4 is 39.9 Å². The third-order valence-corrected chi connectivity index (χ3v) is 7.15. The number of Topliss-reactive ketones (excluding diaryl/α,β-unsaturated/α-hetero) is 1. The molecule has 8 nitrogen and oxygen atoms in total. The maximum absolute atomic E-state index is 13.4. The van der Waals surface area contributed by atoms with Crippen LogP contribution in [0.5, 0.6) is 5.75 Å². The average Bonchev–Trinajstić information content (AvgIpc) is 3.39. The zero-order valence-corrected chi connectivity index (χ0v) is 21.7. The molecule has 190 valence electrons. The molecule has 1 N–H and O–H groups in total. The molecule has 0 radical (unpaired) electrons. The van der Waals surface area contributed by atoms with E-state index in [1.54, 1.807) is 44.4 Å². The van der Waals surface area contributed by atoms with Gasteiger partial charge >= 0.3 is 11.9 Å². The lowest BCUT2D eigenvalue weighted by Gasteiger charge is -2.23. The normalized spacial score (nSPS) is 16.6. The Morgan fingerprint density at radius 2 is 1.86 bits per heavy atom. The second-order valence-corrected chi connectivity index (χ2v) is 9.54. The van der Waals surface area contributed by atoms with Crippen LogP contribution in [0.1, 0.15) is 43.7 Å². The van der Waals surface area contributed by atoms with Crippen LogP contribution in [0, 0.1) is 20.8 Å². The van der Waals surface area contributed by atoms with E-state index in [1.165, 1.54) is 11.0 Å². The number of hydrogen-bond donors (Lipinski definition) is 1. The van der Waals surface area contributed by atoms with Crippen LogP contribution in [-0.2, 0) is 14.3 Å². The number of ether oxygens (including phenoxy) is 2. The number of aliphatic hydroxyl groups excluding tert-OH is 1. The Labute approximate surface area is 218 Å². The van der Waals surface area contributed by atoms with Crippen LogP contribution >= 0.6 is 11.3 Å². The van der Waals surface area contributed by atoms with Gasteiger partial charge in [-0.25, -0.2) is 9.78 Å². The van der Waals surface area contributed by atoms with Crippen molar-refractivity contribution in [1.29, 1.82) is 0 Å². The lowest BCUT2D eigenvalue weighted by Crippen LogP contribution is -2.29. The molecule has 1 fully saturated rings. The lowest BCUT2D eigenvalue weighted by atomic mass is 9.94. The molecule has 1 aliphatic rings. The van der Waals surface area contributed by atoms with E-state index >= 15 is 0 Å². The number of carbonyl (C=O) groups is 3. The highest BCUT2D eigenvalue weighted by Gasteiger charge is 2.48. The minimum atomic E-state index is -0.953. The summed E-state index contributed by atoms with van der Waals surface area (Å²) in [5.41, 5.74) is 3.03. The summed E-state index contributed by atoms with van der Waals surface area (Å²) in [6.45, 7) is 8.93. The van der Waals surface area contributed by atoms with Crippen molar-refractivity contribution in [3.63, 3.8) is 0 Å². The number of aliphatic hydroxyl groups is 1. The Bertz CT molecular complexity index is 1440. The van der Waals surface area contributed by atoms with E-state index in [0.29, 0.717) is 22.6 Å². The van der Waals surface area contributed by atoms with Crippen LogP contribution in [0.2, 0.25) is 0 Å². The predicted octanol–water partition coefficient (Wildman–Crippen LogP) is 5.05. The van der Waals surface area contributed by atoms with Crippen LogP contribution in [0.15, 0.2) is 60.7 Å². The van der Waals surface area contributed by atoms with E-state index < -0.39 is 23.7 Å². The van der Waals surface area contributed by atoms with Gasteiger partial charge in [-0.3, -0.25) is 14.5 Å². The number of esters is 1. The van der Waals surface area contributed by atoms with Gasteiger partial charge in [-0.1, -0.05) is 53.8 Å². The first kappa shape index (κ1) is 25.8. The third-order valence-electron chi connectivity index (χ3n) is 6.01. The zero-order chi connectivity index (χ0) is 26.9. The van der Waals surface area contributed by atoms with Gasteiger partial charge in [-0.05, 0) is 50.1 Å². The number of benzene rings is 2. The van der Waals surface area contributed by atoms with E-state index in [9.17, 15) is 19.5 Å². The summed E-state index contributed by atoms with van der Waals surface area (Å²) in [4.78, 5) is 45.1. The highest BCUT2D eigenvalue weighted by molar-refractivity contribution is 7.17. The van der Waals surface area contributed by atoms with Crippen molar-refractivity contribution in [3.05, 3.63) is 93.5 Å². The quantitative estimate of drug-likeness (QED) is 0.153. The standard InChI is InChI=1S/C28H26N2O6S/c1-6-13-36-27(34)25-17(4)29-28(37-25)30-22(18-9-7-15(2)8-10-18)21(24(32)26(30)33)23(31)19-11-12-20(35-5)16(3)14-19/h6-12,14,22,31H,1,13H2,2-5H3. The Morgan fingerprint density at radius 3 is 2.49 bits per heavy atom. The van der Waals surface area contributed by atoms with Gasteiger partial charge < -0.3 is 14.6 Å². The number of amides is 1. The molecule has 1 aromatic heterocycles. The van der Waals surface area contributed by atoms with Crippen LogP contribution in [0.25, 0.3) is 5.76 Å². The van der Waals surface area contributed by atoms with E-state index in [2.05, 4.69) is 11.6 Å². The van der Waals surface area contributed by atoms with Crippen molar-refractivity contribution in [2.75, 3.05) is 18.6 Å². The van der Waals surface area contributed by atoms with Crippen molar-refractivity contribution < 1.29 is 29.0 Å². The number of aromatic nitrogens is 1. The number of methoxy groups -OCH3 is 1. The molecule has 0 saturated carbocycles. The van der Waals surface area contributed by atoms with Crippen LogP contribution in [-0.4, -0.2) is 41.5 Å². The molecule has 2 heterocycles. The molecular formula is C28H26N2O6S. The largest absolute Gasteiger partial charge is 0.507 e. The molecule has 2 aromatic carbocycles. The van der Waals surface area contributed by atoms with Gasteiger partial charge in [0.05, 0.1) is 24.4 Å². The molecule has 9 heteroatoms. The van der Waals surface area contributed by atoms with E-state index in [4.69, 9.17) is 9.47 Å². The molecule has 0 bridgehead atoms. The maximum Gasteiger partial charge on any atom is 0.350 e. The molecule has 37 heavy (non-hydrogen) atoms. The summed E-state index contributed by atoms with van der Waals surface area (Å²) < 4.78 is 10.4. The molecular weight excluding hydrogens is 492 g/mol. The Morgan fingerprint density at radius 1 is 1.16 bits per heavy atom. The topological polar surface area (TPSA) is 106 Å². The minimum Gasteiger partial charge on any atom is -0.507 e. The van der Waals surface area contributed by atoms with Gasteiger partial charge in [0.2, 0.25) is 0 Å². The van der Waals surface area contributed by atoms with Gasteiger partial charge in [-0.2, -0.15) is 0 Å². The fourth-order valence-electron chi connectivity index (χ4n) is 4.15. The molecule has 1 atom stereocenters. The van der Waals surface area contributed by atoms with E-state index in [0.717, 1.165) is 22.5 Å². The summed E-state index contributed by atoms with van der Waals surface area (Å²) in [6, 6.07) is 11.4. The van der Waals surface area contributed by atoms with Gasteiger partial charge in [0.15, 0.2) is 5.13 Å². The Hall–Kier alpha value is -4.24. The minimum absolute atomic E-state index is 0.0284. The first-order valence-electron chi connectivity index (χ1n) is 11.5. The number of rotatable bonds is 7. The summed E-state index contributed by atoms with van der Waals surface area (Å²) in [7, 11) is 1.54. The average molecular weight is 519 g/mol. The first-order chi connectivity index (χ1) is 17.7. The van der Waals surface area contributed by atoms with Gasteiger partial charge in [0.25, 0.3) is 5.78 Å². The highest BCUT2D eigenvalue weighted by atomic mass is 32.1. The van der Waals surface area contributed by atoms with E-state index in [1.807, 2.05) is 26.0 Å². The molecule has 1 amide bonds. The molecule has 0 aliphatic carbocycles. The van der Waals surface area contributed by atoms with Gasteiger partial charge in [0, 0.05) is 5.56 Å². The Kier molecular flexibility index (Phi) is 7.26. The second kappa shape index (κ2) is 10.4. The summed E-state index contributed by atoms with van der Waals surface area (Å²) >= 11 is 0.952. The molecule has 0 spiro atoms. The number of nitrogens with zero attached hydrogens (tertiary/aromatic N) is 2. The monoisotopic (exact) mass is 518 g/mol. The molecule has 1 unspecified atom stereocenters. The second-order valence-electron chi connectivity index (χ2n) is 8.56. The molecule has 3 aromatic rings.